The van der Waals surface area contributed by atoms with E-state index in [0.29, 0.717) is 0 Å². The minimum atomic E-state index is -1.74. The van der Waals surface area contributed by atoms with Crippen LogP contribution in [0.5, 0.6) is 0 Å². The lowest BCUT2D eigenvalue weighted by Crippen LogP contribution is -2.45. The highest BCUT2D eigenvalue weighted by Gasteiger charge is 2.54. The number of aromatic amines is 1. The molecule has 0 spiro atoms. The summed E-state index contributed by atoms with van der Waals surface area (Å²) in [6.07, 6.45) is 2.35. The van der Waals surface area contributed by atoms with Gasteiger partial charge in [0.25, 0.3) is 0 Å². The molecule has 1 saturated heterocycles. The molecule has 1 aliphatic heterocycles. The zero-order valence-corrected chi connectivity index (χ0v) is 10.5. The van der Waals surface area contributed by atoms with Crippen molar-refractivity contribution in [2.75, 3.05) is 6.61 Å². The number of aromatic nitrogens is 2. The third-order valence-electron chi connectivity index (χ3n) is 3.03. The molecular formula is C11H12N2O5S. The molecule has 19 heavy (non-hydrogen) atoms. The second kappa shape index (κ2) is 4.88. The molecule has 2 rings (SSSR count). The third kappa shape index (κ3) is 2.11. The van der Waals surface area contributed by atoms with Gasteiger partial charge in [-0.05, 0) is 6.07 Å². The molecule has 0 saturated carbocycles. The van der Waals surface area contributed by atoms with Crippen molar-refractivity contribution in [2.24, 2.45) is 0 Å². The highest BCUT2D eigenvalue weighted by atomic mass is 32.1. The van der Waals surface area contributed by atoms with E-state index in [9.17, 15) is 20.1 Å². The number of aliphatic hydroxyl groups excluding tert-OH is 3. The van der Waals surface area contributed by atoms with Crippen molar-refractivity contribution in [3.63, 3.8) is 0 Å². The molecular weight excluding hydrogens is 272 g/mol. The van der Waals surface area contributed by atoms with E-state index >= 15 is 0 Å². The number of hydrogen-bond donors (Lipinski definition) is 4. The quantitative estimate of drug-likeness (QED) is 0.390. The normalized spacial score (nSPS) is 34.1. The molecule has 4 atom stereocenters. The number of rotatable bonds is 2. The van der Waals surface area contributed by atoms with Crippen molar-refractivity contribution < 1.29 is 20.1 Å². The van der Waals surface area contributed by atoms with Gasteiger partial charge in [0.1, 0.15) is 16.8 Å². The smallest absolute Gasteiger partial charge is 0.328 e. The van der Waals surface area contributed by atoms with Gasteiger partial charge in [-0.15, -0.1) is 6.42 Å². The summed E-state index contributed by atoms with van der Waals surface area (Å²) in [7, 11) is 0. The van der Waals surface area contributed by atoms with E-state index in [1.54, 1.807) is 0 Å². The lowest BCUT2D eigenvalue weighted by Gasteiger charge is -2.23. The molecule has 0 aromatic carbocycles. The first-order valence-electron chi connectivity index (χ1n) is 5.39. The number of nitrogens with one attached hydrogen (secondary N) is 1. The van der Waals surface area contributed by atoms with Crippen LogP contribution in [0.3, 0.4) is 0 Å². The van der Waals surface area contributed by atoms with Crippen LogP contribution in [0.4, 0.5) is 0 Å². The number of H-pyrrole nitrogens is 1. The Bertz CT molecular complexity index is 633. The summed E-state index contributed by atoms with van der Waals surface area (Å²) in [5.41, 5.74) is -2.36. The molecule has 1 aromatic rings. The first kappa shape index (κ1) is 13.9. The Kier molecular flexibility index (Phi) is 3.58. The number of ether oxygens (including phenoxy) is 1. The molecule has 0 unspecified atom stereocenters. The number of nitrogens with zero attached hydrogens (tertiary/aromatic N) is 1. The van der Waals surface area contributed by atoms with Crippen LogP contribution in [-0.2, 0) is 4.74 Å². The summed E-state index contributed by atoms with van der Waals surface area (Å²) in [5, 5.41) is 29.0. The van der Waals surface area contributed by atoms with Crippen LogP contribution < -0.4 is 5.69 Å². The summed E-state index contributed by atoms with van der Waals surface area (Å²) < 4.78 is 6.54. The van der Waals surface area contributed by atoms with Crippen LogP contribution >= 0.6 is 12.2 Å². The van der Waals surface area contributed by atoms with Gasteiger partial charge >= 0.3 is 5.69 Å². The van der Waals surface area contributed by atoms with Gasteiger partial charge in [0.2, 0.25) is 0 Å². The zero-order valence-electron chi connectivity index (χ0n) is 9.68. The summed E-state index contributed by atoms with van der Waals surface area (Å²) in [5.74, 6) is 2.11. The van der Waals surface area contributed by atoms with Crippen LogP contribution in [0.15, 0.2) is 17.1 Å². The van der Waals surface area contributed by atoms with Crippen molar-refractivity contribution >= 4 is 12.2 Å². The van der Waals surface area contributed by atoms with Gasteiger partial charge in [-0.1, -0.05) is 18.1 Å². The van der Waals surface area contributed by atoms with E-state index in [2.05, 4.69) is 10.9 Å². The molecule has 0 amide bonds. The number of hydrogen-bond acceptors (Lipinski definition) is 6. The maximum absolute atomic E-state index is 11.7. The Morgan fingerprint density at radius 3 is 2.79 bits per heavy atom. The fourth-order valence-corrected chi connectivity index (χ4v) is 2.08. The minimum Gasteiger partial charge on any atom is -0.392 e. The molecule has 1 aliphatic rings. The largest absolute Gasteiger partial charge is 0.392 e. The lowest BCUT2D eigenvalue weighted by molar-refractivity contribution is -0.0936. The van der Waals surface area contributed by atoms with Gasteiger partial charge in [0.15, 0.2) is 11.8 Å². The molecule has 1 fully saturated rings. The molecule has 1 aromatic heterocycles. The van der Waals surface area contributed by atoms with Crippen molar-refractivity contribution in [2.45, 2.75) is 24.0 Å². The first-order valence-corrected chi connectivity index (χ1v) is 5.80. The van der Waals surface area contributed by atoms with Gasteiger partial charge < -0.3 is 20.1 Å². The van der Waals surface area contributed by atoms with Gasteiger partial charge in [0.05, 0.1) is 6.61 Å². The predicted octanol–water partition coefficient (Wildman–Crippen LogP) is -1.48. The molecule has 0 radical (unpaired) electrons. The summed E-state index contributed by atoms with van der Waals surface area (Å²) in [4.78, 5) is 14.1. The molecule has 0 aliphatic carbocycles. The van der Waals surface area contributed by atoms with Crippen molar-refractivity contribution in [1.82, 2.24) is 9.55 Å². The van der Waals surface area contributed by atoms with E-state index in [1.165, 1.54) is 12.3 Å². The maximum atomic E-state index is 11.7. The average Bonchev–Trinajstić information content (AvgIpc) is 2.64. The molecule has 4 N–H and O–H groups in total. The highest BCUT2D eigenvalue weighted by molar-refractivity contribution is 7.71. The number of aliphatic hydroxyl groups is 3. The van der Waals surface area contributed by atoms with E-state index in [-0.39, 0.29) is 4.64 Å². The first-order chi connectivity index (χ1) is 8.95. The molecule has 102 valence electrons. The fraction of sp³-hybridized carbons (Fsp3) is 0.455. The van der Waals surface area contributed by atoms with Gasteiger partial charge in [-0.25, -0.2) is 4.79 Å². The fourth-order valence-electron chi connectivity index (χ4n) is 1.93. The van der Waals surface area contributed by atoms with Crippen LogP contribution in [-0.4, -0.2) is 49.3 Å². The molecule has 7 nitrogen and oxygen atoms in total. The third-order valence-corrected chi connectivity index (χ3v) is 3.27. The van der Waals surface area contributed by atoms with Gasteiger partial charge in [-0.3, -0.25) is 9.55 Å². The Morgan fingerprint density at radius 2 is 2.32 bits per heavy atom. The van der Waals surface area contributed by atoms with Crippen molar-refractivity contribution in [3.05, 3.63) is 27.4 Å². The average molecular weight is 284 g/mol. The predicted molar refractivity (Wildman–Crippen MR) is 66.7 cm³/mol. The maximum Gasteiger partial charge on any atom is 0.328 e. The topological polar surface area (TPSA) is 108 Å². The summed E-state index contributed by atoms with van der Waals surface area (Å²) in [6.45, 7) is -0.685. The van der Waals surface area contributed by atoms with E-state index in [1.807, 2.05) is 0 Å². The molecule has 0 bridgehead atoms. The van der Waals surface area contributed by atoms with Gasteiger partial charge in [-0.2, -0.15) is 0 Å². The van der Waals surface area contributed by atoms with Gasteiger partial charge in [0, 0.05) is 6.20 Å². The number of terminal acetylenes is 1. The molecule has 8 heteroatoms. The lowest BCUT2D eigenvalue weighted by atomic mass is 9.97. The second-order valence-electron chi connectivity index (χ2n) is 4.15. The van der Waals surface area contributed by atoms with E-state index in [4.69, 9.17) is 23.4 Å². The van der Waals surface area contributed by atoms with E-state index < -0.39 is 36.3 Å². The standard InChI is InChI=1S/C11H12N2O5S/c1-2-11(5-14)8(16)7(15)9(18-11)13-4-3-6(19)12-10(13)17/h1,3-4,7-9,14-16H,5H2,(H,12,17,19)/t7-,8+,9+,11+/m0/s1. The Hall–Kier alpha value is -1.50. The van der Waals surface area contributed by atoms with Crippen LogP contribution in [0.1, 0.15) is 6.23 Å². The van der Waals surface area contributed by atoms with Crippen LogP contribution in [0.25, 0.3) is 0 Å². The second-order valence-corrected chi connectivity index (χ2v) is 4.59. The Morgan fingerprint density at radius 1 is 1.63 bits per heavy atom. The summed E-state index contributed by atoms with van der Waals surface area (Å²) in [6, 6.07) is 1.42. The van der Waals surface area contributed by atoms with Crippen molar-refractivity contribution in [3.8, 4) is 12.3 Å². The van der Waals surface area contributed by atoms with Crippen LogP contribution in [0.2, 0.25) is 0 Å². The minimum absolute atomic E-state index is 0.222. The molecule has 2 heterocycles. The van der Waals surface area contributed by atoms with Crippen LogP contribution in [0, 0.1) is 17.0 Å². The summed E-state index contributed by atoms with van der Waals surface area (Å²) >= 11 is 4.78. The highest BCUT2D eigenvalue weighted by Crippen LogP contribution is 2.35. The Labute approximate surface area is 113 Å². The van der Waals surface area contributed by atoms with Crippen molar-refractivity contribution in [1.29, 1.82) is 0 Å². The monoisotopic (exact) mass is 284 g/mol. The zero-order chi connectivity index (χ0) is 14.2. The SMILES string of the molecule is C#C[C@]1(CO)O[C@@H](n2ccc(=S)[nH]c2=O)[C@@H](O)[C@H]1O. The Balaban J connectivity index is 2.46. The van der Waals surface area contributed by atoms with E-state index in [0.717, 1.165) is 4.57 Å².